The number of rotatable bonds is 3. The van der Waals surface area contributed by atoms with Crippen molar-refractivity contribution in [2.45, 2.75) is 25.6 Å². The van der Waals surface area contributed by atoms with E-state index in [0.717, 1.165) is 5.69 Å². The van der Waals surface area contributed by atoms with Crippen molar-refractivity contribution in [3.63, 3.8) is 0 Å². The third kappa shape index (κ3) is 2.69. The normalized spacial score (nSPS) is 13.0. The maximum atomic E-state index is 13.7. The lowest BCUT2D eigenvalue weighted by molar-refractivity contribution is 0.195. The standard InChI is InChI=1S/C12H15FN2/c1-12(2,13)11(9-14)15(3)10-7-5-4-6-8-10/h4-8,11H,1-3H3. The number of para-hydroxylation sites is 1. The van der Waals surface area contributed by atoms with Crippen LogP contribution in [0.2, 0.25) is 0 Å². The highest BCUT2D eigenvalue weighted by Crippen LogP contribution is 2.23. The molecule has 2 nitrogen and oxygen atoms in total. The summed E-state index contributed by atoms with van der Waals surface area (Å²) in [7, 11) is 1.73. The lowest BCUT2D eigenvalue weighted by Gasteiger charge is -2.31. The summed E-state index contributed by atoms with van der Waals surface area (Å²) in [5.41, 5.74) is -0.700. The molecule has 80 valence electrons. The Kier molecular flexibility index (Phi) is 3.31. The fraction of sp³-hybridized carbons (Fsp3) is 0.417. The summed E-state index contributed by atoms with van der Waals surface area (Å²) in [4.78, 5) is 1.65. The van der Waals surface area contributed by atoms with E-state index < -0.39 is 11.7 Å². The van der Waals surface area contributed by atoms with Crippen LogP contribution in [0.4, 0.5) is 10.1 Å². The minimum Gasteiger partial charge on any atom is -0.356 e. The van der Waals surface area contributed by atoms with Crippen LogP contribution in [0.1, 0.15) is 13.8 Å². The molecule has 0 aliphatic carbocycles. The Hall–Kier alpha value is -1.56. The molecular weight excluding hydrogens is 191 g/mol. The number of nitriles is 1. The SMILES string of the molecule is CN(c1ccccc1)C(C#N)C(C)(C)F. The molecule has 1 atom stereocenters. The van der Waals surface area contributed by atoms with Crippen LogP contribution in [-0.2, 0) is 0 Å². The van der Waals surface area contributed by atoms with E-state index in [1.54, 1.807) is 11.9 Å². The van der Waals surface area contributed by atoms with Crippen LogP contribution in [0.5, 0.6) is 0 Å². The van der Waals surface area contributed by atoms with Crippen molar-refractivity contribution in [3.05, 3.63) is 30.3 Å². The average Bonchev–Trinajstić information content (AvgIpc) is 2.18. The number of alkyl halides is 1. The first-order valence-electron chi connectivity index (χ1n) is 4.83. The van der Waals surface area contributed by atoms with Crippen molar-refractivity contribution in [1.82, 2.24) is 0 Å². The molecule has 0 fully saturated rings. The molecule has 0 aliphatic heterocycles. The van der Waals surface area contributed by atoms with E-state index in [2.05, 4.69) is 0 Å². The summed E-state index contributed by atoms with van der Waals surface area (Å²) in [6, 6.07) is 10.5. The largest absolute Gasteiger partial charge is 0.356 e. The first-order valence-corrected chi connectivity index (χ1v) is 4.83. The van der Waals surface area contributed by atoms with Crippen LogP contribution >= 0.6 is 0 Å². The van der Waals surface area contributed by atoms with Crippen LogP contribution in [-0.4, -0.2) is 18.8 Å². The molecule has 0 aromatic heterocycles. The molecule has 0 amide bonds. The Balaban J connectivity index is 2.94. The fourth-order valence-electron chi connectivity index (χ4n) is 1.51. The fourth-order valence-corrected chi connectivity index (χ4v) is 1.51. The Morgan fingerprint density at radius 3 is 2.27 bits per heavy atom. The average molecular weight is 206 g/mol. The third-order valence-electron chi connectivity index (χ3n) is 2.32. The summed E-state index contributed by atoms with van der Waals surface area (Å²) < 4.78 is 13.7. The second kappa shape index (κ2) is 4.31. The van der Waals surface area contributed by atoms with Crippen molar-refractivity contribution in [3.8, 4) is 6.07 Å². The predicted octanol–water partition coefficient (Wildman–Crippen LogP) is 2.76. The van der Waals surface area contributed by atoms with Gasteiger partial charge in [-0.3, -0.25) is 0 Å². The molecule has 0 aliphatic rings. The molecule has 0 saturated heterocycles. The smallest absolute Gasteiger partial charge is 0.150 e. The molecule has 1 unspecified atom stereocenters. The number of halogens is 1. The highest BCUT2D eigenvalue weighted by Gasteiger charge is 2.32. The third-order valence-corrected chi connectivity index (χ3v) is 2.32. The monoisotopic (exact) mass is 206 g/mol. The van der Waals surface area contributed by atoms with Gasteiger partial charge in [0.1, 0.15) is 5.67 Å². The van der Waals surface area contributed by atoms with Crippen LogP contribution in [0.15, 0.2) is 30.3 Å². The van der Waals surface area contributed by atoms with E-state index in [-0.39, 0.29) is 0 Å². The van der Waals surface area contributed by atoms with Gasteiger partial charge in [-0.1, -0.05) is 18.2 Å². The van der Waals surface area contributed by atoms with E-state index in [9.17, 15) is 4.39 Å². The first kappa shape index (κ1) is 11.5. The summed E-state index contributed by atoms with van der Waals surface area (Å²) in [5, 5.41) is 8.96. The number of hydrogen-bond donors (Lipinski definition) is 0. The number of benzene rings is 1. The predicted molar refractivity (Wildman–Crippen MR) is 59.4 cm³/mol. The molecular formula is C12H15FN2. The van der Waals surface area contributed by atoms with Crippen LogP contribution in [0.3, 0.4) is 0 Å². The molecule has 3 heteroatoms. The second-order valence-electron chi connectivity index (χ2n) is 4.04. The van der Waals surface area contributed by atoms with Crippen molar-refractivity contribution < 1.29 is 4.39 Å². The van der Waals surface area contributed by atoms with E-state index in [0.29, 0.717) is 0 Å². The highest BCUT2D eigenvalue weighted by atomic mass is 19.1. The van der Waals surface area contributed by atoms with E-state index in [1.165, 1.54) is 13.8 Å². The number of nitrogens with zero attached hydrogens (tertiary/aromatic N) is 2. The highest BCUT2D eigenvalue weighted by molar-refractivity contribution is 5.48. The van der Waals surface area contributed by atoms with Gasteiger partial charge in [-0.2, -0.15) is 5.26 Å². The molecule has 0 radical (unpaired) electrons. The van der Waals surface area contributed by atoms with E-state index >= 15 is 0 Å². The molecule has 0 spiro atoms. The minimum atomic E-state index is -1.54. The molecule has 0 saturated carbocycles. The number of hydrogen-bond acceptors (Lipinski definition) is 2. The zero-order chi connectivity index (χ0) is 11.5. The lowest BCUT2D eigenvalue weighted by atomic mass is 10.0. The number of anilines is 1. The van der Waals surface area contributed by atoms with E-state index in [4.69, 9.17) is 5.26 Å². The first-order chi connectivity index (χ1) is 6.96. The van der Waals surface area contributed by atoms with Crippen molar-refractivity contribution in [2.24, 2.45) is 0 Å². The van der Waals surface area contributed by atoms with Crippen LogP contribution in [0, 0.1) is 11.3 Å². The van der Waals surface area contributed by atoms with Crippen molar-refractivity contribution >= 4 is 5.69 Å². The Labute approximate surface area is 89.9 Å². The van der Waals surface area contributed by atoms with Gasteiger partial charge in [-0.15, -0.1) is 0 Å². The minimum absolute atomic E-state index is 0.778. The van der Waals surface area contributed by atoms with Gasteiger partial charge in [0.05, 0.1) is 6.07 Å². The zero-order valence-corrected chi connectivity index (χ0v) is 9.24. The van der Waals surface area contributed by atoms with Gasteiger partial charge in [0.15, 0.2) is 6.04 Å². The Morgan fingerprint density at radius 1 is 1.33 bits per heavy atom. The van der Waals surface area contributed by atoms with Crippen LogP contribution in [0.25, 0.3) is 0 Å². The zero-order valence-electron chi connectivity index (χ0n) is 9.24. The van der Waals surface area contributed by atoms with Gasteiger partial charge in [0.2, 0.25) is 0 Å². The maximum Gasteiger partial charge on any atom is 0.150 e. The molecule has 1 aromatic rings. The summed E-state index contributed by atoms with van der Waals surface area (Å²) in [6.07, 6.45) is 0. The van der Waals surface area contributed by atoms with Gasteiger partial charge in [-0.25, -0.2) is 4.39 Å². The van der Waals surface area contributed by atoms with E-state index in [1.807, 2.05) is 36.4 Å². The lowest BCUT2D eigenvalue weighted by Crippen LogP contribution is -2.44. The van der Waals surface area contributed by atoms with Gasteiger partial charge in [0, 0.05) is 12.7 Å². The van der Waals surface area contributed by atoms with Crippen molar-refractivity contribution in [2.75, 3.05) is 11.9 Å². The Bertz CT molecular complexity index is 348. The van der Waals surface area contributed by atoms with Crippen molar-refractivity contribution in [1.29, 1.82) is 5.26 Å². The molecule has 1 rings (SSSR count). The van der Waals surface area contributed by atoms with Crippen LogP contribution < -0.4 is 4.90 Å². The molecule has 0 heterocycles. The molecule has 15 heavy (non-hydrogen) atoms. The second-order valence-corrected chi connectivity index (χ2v) is 4.04. The molecule has 0 bridgehead atoms. The summed E-state index contributed by atoms with van der Waals surface area (Å²) >= 11 is 0. The molecule has 1 aromatic carbocycles. The topological polar surface area (TPSA) is 27.0 Å². The van der Waals surface area contributed by atoms with Gasteiger partial charge in [0.25, 0.3) is 0 Å². The molecule has 0 N–H and O–H groups in total. The van der Waals surface area contributed by atoms with Gasteiger partial charge < -0.3 is 4.90 Å². The van der Waals surface area contributed by atoms with Gasteiger partial charge >= 0.3 is 0 Å². The summed E-state index contributed by atoms with van der Waals surface area (Å²) in [6.45, 7) is 2.83. The summed E-state index contributed by atoms with van der Waals surface area (Å²) in [5.74, 6) is 0. The Morgan fingerprint density at radius 2 is 1.87 bits per heavy atom. The van der Waals surface area contributed by atoms with Gasteiger partial charge in [-0.05, 0) is 26.0 Å². The quantitative estimate of drug-likeness (QED) is 0.760. The maximum absolute atomic E-state index is 13.7.